The first-order valence-electron chi connectivity index (χ1n) is 7.29. The molecule has 1 saturated heterocycles. The lowest BCUT2D eigenvalue weighted by Gasteiger charge is -2.10. The highest BCUT2D eigenvalue weighted by atomic mass is 32.1. The minimum absolute atomic E-state index is 0.120. The molecule has 0 unspecified atom stereocenters. The fraction of sp³-hybridized carbons (Fsp3) is 0.250. The third kappa shape index (κ3) is 2.48. The van der Waals surface area contributed by atoms with Crippen LogP contribution < -0.4 is 4.80 Å². The van der Waals surface area contributed by atoms with E-state index in [9.17, 15) is 4.79 Å². The Balaban J connectivity index is 1.73. The van der Waals surface area contributed by atoms with Crippen molar-refractivity contribution < 1.29 is 4.79 Å². The SMILES string of the molecule is O=C(N=c1sccn1-c1ccc2sccc2c1)N1CCCC1. The normalized spacial score (nSPS) is 15.8. The van der Waals surface area contributed by atoms with Crippen molar-refractivity contribution in [3.8, 4) is 5.69 Å². The molecule has 1 aromatic carbocycles. The van der Waals surface area contributed by atoms with E-state index in [-0.39, 0.29) is 6.03 Å². The number of thiazole rings is 1. The van der Waals surface area contributed by atoms with Crippen molar-refractivity contribution in [2.45, 2.75) is 12.8 Å². The quantitative estimate of drug-likeness (QED) is 0.668. The summed E-state index contributed by atoms with van der Waals surface area (Å²) in [5.41, 5.74) is 1.04. The minimum Gasteiger partial charge on any atom is -0.323 e. The van der Waals surface area contributed by atoms with Gasteiger partial charge in [0.25, 0.3) is 0 Å². The summed E-state index contributed by atoms with van der Waals surface area (Å²) in [7, 11) is 0. The number of rotatable bonds is 1. The third-order valence-corrected chi connectivity index (χ3v) is 5.53. The summed E-state index contributed by atoms with van der Waals surface area (Å²) in [5, 5.41) is 5.28. The fourth-order valence-corrected chi connectivity index (χ4v) is 4.20. The number of nitrogens with zero attached hydrogens (tertiary/aromatic N) is 3. The predicted molar refractivity (Wildman–Crippen MR) is 90.8 cm³/mol. The van der Waals surface area contributed by atoms with Gasteiger partial charge in [0.1, 0.15) is 0 Å². The Morgan fingerprint density at radius 2 is 1.95 bits per heavy atom. The zero-order valence-corrected chi connectivity index (χ0v) is 13.6. The fourth-order valence-electron chi connectivity index (χ4n) is 2.71. The molecule has 4 rings (SSSR count). The van der Waals surface area contributed by atoms with E-state index in [1.54, 1.807) is 11.3 Å². The molecule has 3 aromatic rings. The Kier molecular flexibility index (Phi) is 3.56. The average molecular weight is 329 g/mol. The van der Waals surface area contributed by atoms with Crippen LogP contribution in [-0.4, -0.2) is 28.6 Å². The lowest BCUT2D eigenvalue weighted by atomic mass is 10.2. The van der Waals surface area contributed by atoms with Crippen molar-refractivity contribution >= 4 is 38.8 Å². The summed E-state index contributed by atoms with van der Waals surface area (Å²) in [6, 6.07) is 8.32. The second kappa shape index (κ2) is 5.70. The molecule has 1 aliphatic heterocycles. The largest absolute Gasteiger partial charge is 0.346 e. The van der Waals surface area contributed by atoms with Gasteiger partial charge in [-0.2, -0.15) is 4.99 Å². The molecular formula is C16H15N3OS2. The molecule has 0 spiro atoms. The lowest BCUT2D eigenvalue weighted by Crippen LogP contribution is -2.27. The van der Waals surface area contributed by atoms with Crippen LogP contribution in [0.25, 0.3) is 15.8 Å². The number of aromatic nitrogens is 1. The average Bonchev–Trinajstić information content (AvgIpc) is 3.27. The highest BCUT2D eigenvalue weighted by Crippen LogP contribution is 2.23. The van der Waals surface area contributed by atoms with Gasteiger partial charge in [0.2, 0.25) is 0 Å². The molecule has 2 amide bonds. The predicted octanol–water partition coefficient (Wildman–Crippen LogP) is 3.87. The van der Waals surface area contributed by atoms with Gasteiger partial charge in [-0.1, -0.05) is 0 Å². The zero-order valence-electron chi connectivity index (χ0n) is 11.9. The molecule has 0 saturated carbocycles. The van der Waals surface area contributed by atoms with Gasteiger partial charge in [-0.3, -0.25) is 4.57 Å². The van der Waals surface area contributed by atoms with Gasteiger partial charge >= 0.3 is 6.03 Å². The molecule has 0 bridgehead atoms. The van der Waals surface area contributed by atoms with Crippen LogP contribution in [0.3, 0.4) is 0 Å². The minimum atomic E-state index is -0.120. The maximum absolute atomic E-state index is 12.2. The number of likely N-dealkylation sites (tertiary alicyclic amines) is 1. The van der Waals surface area contributed by atoms with E-state index in [2.05, 4.69) is 34.6 Å². The Morgan fingerprint density at radius 3 is 2.82 bits per heavy atom. The number of carbonyl (C=O) groups excluding carboxylic acids is 1. The Labute approximate surface area is 136 Å². The van der Waals surface area contributed by atoms with Gasteiger partial charge in [-0.05, 0) is 47.9 Å². The van der Waals surface area contributed by atoms with Gasteiger partial charge in [0.15, 0.2) is 4.80 Å². The summed E-state index contributed by atoms with van der Waals surface area (Å²) in [6.07, 6.45) is 4.13. The maximum Gasteiger partial charge on any atom is 0.346 e. The van der Waals surface area contributed by atoms with Gasteiger partial charge in [0, 0.05) is 35.1 Å². The zero-order chi connectivity index (χ0) is 14.9. The van der Waals surface area contributed by atoms with E-state index in [1.165, 1.54) is 21.4 Å². The summed E-state index contributed by atoms with van der Waals surface area (Å²) >= 11 is 3.22. The summed E-state index contributed by atoms with van der Waals surface area (Å²) in [6.45, 7) is 1.66. The highest BCUT2D eigenvalue weighted by molar-refractivity contribution is 7.17. The van der Waals surface area contributed by atoms with Gasteiger partial charge in [-0.15, -0.1) is 22.7 Å². The van der Waals surface area contributed by atoms with Crippen molar-refractivity contribution in [1.29, 1.82) is 0 Å². The third-order valence-electron chi connectivity index (χ3n) is 3.87. The molecule has 112 valence electrons. The highest BCUT2D eigenvalue weighted by Gasteiger charge is 2.17. The number of hydrogen-bond acceptors (Lipinski definition) is 3. The van der Waals surface area contributed by atoms with Crippen molar-refractivity contribution in [2.75, 3.05) is 13.1 Å². The monoisotopic (exact) mass is 329 g/mol. The van der Waals surface area contributed by atoms with Crippen LogP contribution in [0.15, 0.2) is 46.2 Å². The van der Waals surface area contributed by atoms with E-state index in [1.807, 2.05) is 21.0 Å². The first kappa shape index (κ1) is 13.7. The number of amides is 2. The van der Waals surface area contributed by atoms with E-state index in [0.29, 0.717) is 0 Å². The number of fused-ring (bicyclic) bond motifs is 1. The summed E-state index contributed by atoms with van der Waals surface area (Å²) < 4.78 is 3.25. The molecular weight excluding hydrogens is 314 g/mol. The Bertz CT molecular complexity index is 884. The Hall–Kier alpha value is -1.92. The molecule has 0 atom stereocenters. The van der Waals surface area contributed by atoms with Crippen LogP contribution in [0.5, 0.6) is 0 Å². The summed E-state index contributed by atoms with van der Waals surface area (Å²) in [4.78, 5) is 19.1. The molecule has 22 heavy (non-hydrogen) atoms. The topological polar surface area (TPSA) is 37.6 Å². The van der Waals surface area contributed by atoms with Crippen LogP contribution in [0.4, 0.5) is 4.79 Å². The van der Waals surface area contributed by atoms with Crippen molar-refractivity contribution in [1.82, 2.24) is 9.47 Å². The molecule has 3 heterocycles. The van der Waals surface area contributed by atoms with Gasteiger partial charge in [0.05, 0.1) is 0 Å². The second-order valence-electron chi connectivity index (χ2n) is 5.29. The van der Waals surface area contributed by atoms with Crippen LogP contribution in [0.2, 0.25) is 0 Å². The van der Waals surface area contributed by atoms with Crippen LogP contribution in [0, 0.1) is 0 Å². The summed E-state index contributed by atoms with van der Waals surface area (Å²) in [5.74, 6) is 0. The standard InChI is InChI=1S/C16H15N3OS2/c20-15(18-6-1-2-7-18)17-16-19(8-10-22-16)13-3-4-14-12(11-13)5-9-21-14/h3-5,8-11H,1-2,6-7H2. The first-order valence-corrected chi connectivity index (χ1v) is 9.05. The molecule has 0 N–H and O–H groups in total. The maximum atomic E-state index is 12.2. The molecule has 4 nitrogen and oxygen atoms in total. The molecule has 1 aliphatic rings. The van der Waals surface area contributed by atoms with Gasteiger partial charge in [-0.25, -0.2) is 4.79 Å². The molecule has 2 aromatic heterocycles. The smallest absolute Gasteiger partial charge is 0.323 e. The number of hydrogen-bond donors (Lipinski definition) is 0. The van der Waals surface area contributed by atoms with Crippen LogP contribution >= 0.6 is 22.7 Å². The molecule has 0 radical (unpaired) electrons. The van der Waals surface area contributed by atoms with Crippen molar-refractivity contribution in [2.24, 2.45) is 4.99 Å². The van der Waals surface area contributed by atoms with E-state index in [4.69, 9.17) is 0 Å². The van der Waals surface area contributed by atoms with Crippen molar-refractivity contribution in [3.05, 3.63) is 46.0 Å². The molecule has 1 fully saturated rings. The number of benzene rings is 1. The van der Waals surface area contributed by atoms with E-state index >= 15 is 0 Å². The van der Waals surface area contributed by atoms with Gasteiger partial charge < -0.3 is 4.90 Å². The van der Waals surface area contributed by atoms with E-state index in [0.717, 1.165) is 36.4 Å². The Morgan fingerprint density at radius 1 is 1.09 bits per heavy atom. The van der Waals surface area contributed by atoms with Crippen LogP contribution in [0.1, 0.15) is 12.8 Å². The second-order valence-corrected chi connectivity index (χ2v) is 7.11. The first-order chi connectivity index (χ1) is 10.8. The number of thiophene rings is 1. The molecule has 6 heteroatoms. The lowest BCUT2D eigenvalue weighted by molar-refractivity contribution is 0.218. The number of carbonyl (C=O) groups is 1. The number of urea groups is 1. The van der Waals surface area contributed by atoms with Crippen LogP contribution in [-0.2, 0) is 0 Å². The molecule has 0 aliphatic carbocycles. The van der Waals surface area contributed by atoms with Crippen molar-refractivity contribution in [3.63, 3.8) is 0 Å². The van der Waals surface area contributed by atoms with E-state index < -0.39 is 0 Å².